The number of benzene rings is 2. The molecule has 34 heavy (non-hydrogen) atoms. The normalized spacial score (nSPS) is 17.0. The fraction of sp³-hybridized carbons (Fsp3) is 0.370. The van der Waals surface area contributed by atoms with E-state index < -0.39 is 5.56 Å². The number of nitrogens with zero attached hydrogens (tertiary/aromatic N) is 3. The lowest BCUT2D eigenvalue weighted by Gasteiger charge is -2.34. The van der Waals surface area contributed by atoms with Gasteiger partial charge in [0.25, 0.3) is 5.91 Å². The molecule has 0 spiro atoms. The van der Waals surface area contributed by atoms with E-state index in [2.05, 4.69) is 45.2 Å². The van der Waals surface area contributed by atoms with E-state index in [1.165, 1.54) is 5.56 Å². The van der Waals surface area contributed by atoms with Crippen LogP contribution in [0.5, 0.6) is 5.75 Å². The summed E-state index contributed by atoms with van der Waals surface area (Å²) in [6, 6.07) is 18.1. The monoisotopic (exact) mass is 521 g/mol. The quantitative estimate of drug-likeness (QED) is 0.470. The summed E-state index contributed by atoms with van der Waals surface area (Å²) < 4.78 is 8.92. The summed E-state index contributed by atoms with van der Waals surface area (Å²) in [5.41, 5.74) is 1.97. The minimum atomic E-state index is -0.468. The molecule has 1 fully saturated rings. The molecule has 7 heteroatoms. The third-order valence-electron chi connectivity index (χ3n) is 7.17. The summed E-state index contributed by atoms with van der Waals surface area (Å²) in [5, 5.41) is 0. The zero-order valence-corrected chi connectivity index (χ0v) is 20.9. The first-order valence-corrected chi connectivity index (χ1v) is 12.6. The van der Waals surface area contributed by atoms with Crippen LogP contribution in [0.25, 0.3) is 0 Å². The topological polar surface area (TPSA) is 64.4 Å². The molecule has 1 aliphatic heterocycles. The predicted octanol–water partition coefficient (Wildman–Crippen LogP) is 4.72. The maximum absolute atomic E-state index is 13.2. The zero-order valence-electron chi connectivity index (χ0n) is 19.3. The van der Waals surface area contributed by atoms with E-state index in [4.69, 9.17) is 4.74 Å². The van der Waals surface area contributed by atoms with Crippen molar-refractivity contribution in [2.24, 2.45) is 0 Å². The number of ether oxygens (including phenoxy) is 1. The van der Waals surface area contributed by atoms with Crippen molar-refractivity contribution >= 4 is 21.8 Å². The van der Waals surface area contributed by atoms with Gasteiger partial charge in [-0.3, -0.25) is 9.59 Å². The van der Waals surface area contributed by atoms with Gasteiger partial charge >= 0.3 is 5.56 Å². The van der Waals surface area contributed by atoms with Gasteiger partial charge < -0.3 is 14.2 Å². The molecule has 0 unspecified atom stereocenters. The summed E-state index contributed by atoms with van der Waals surface area (Å²) in [6.45, 7) is 1.38. The summed E-state index contributed by atoms with van der Waals surface area (Å²) in [7, 11) is 1.76. The van der Waals surface area contributed by atoms with E-state index in [9.17, 15) is 9.59 Å². The lowest BCUT2D eigenvalue weighted by atomic mass is 9.76. The smallest absolute Gasteiger partial charge is 0.316 e. The molecule has 2 aliphatic rings. The number of fused-ring (bicyclic) bond motifs is 1. The highest BCUT2D eigenvalue weighted by Crippen LogP contribution is 2.44. The van der Waals surface area contributed by atoms with E-state index in [0.717, 1.165) is 35.7 Å². The Hall–Kier alpha value is -2.93. The molecule has 5 rings (SSSR count). The van der Waals surface area contributed by atoms with E-state index in [1.54, 1.807) is 11.9 Å². The molecule has 2 aromatic carbocycles. The van der Waals surface area contributed by atoms with Gasteiger partial charge in [-0.2, -0.15) is 4.98 Å². The summed E-state index contributed by atoms with van der Waals surface area (Å²) in [4.78, 5) is 32.6. The fourth-order valence-corrected chi connectivity index (χ4v) is 5.55. The first-order chi connectivity index (χ1) is 16.5. The van der Waals surface area contributed by atoms with E-state index in [-0.39, 0.29) is 23.7 Å². The van der Waals surface area contributed by atoms with E-state index in [1.807, 2.05) is 34.9 Å². The number of rotatable bonds is 6. The highest BCUT2D eigenvalue weighted by Gasteiger charge is 2.39. The van der Waals surface area contributed by atoms with Crippen LogP contribution < -0.4 is 10.3 Å². The molecule has 0 bridgehead atoms. The second-order valence-electron chi connectivity index (χ2n) is 9.33. The largest absolute Gasteiger partial charge is 0.481 e. The number of hydrogen-bond donors (Lipinski definition) is 0. The number of carbonyl (C=O) groups is 1. The van der Waals surface area contributed by atoms with Crippen LogP contribution >= 0.6 is 15.9 Å². The van der Waals surface area contributed by atoms with Crippen molar-refractivity contribution in [1.29, 1.82) is 0 Å². The lowest BCUT2D eigenvalue weighted by molar-refractivity contribution is 0.0734. The Balaban J connectivity index is 1.55. The Morgan fingerprint density at radius 3 is 2.41 bits per heavy atom. The Morgan fingerprint density at radius 1 is 1.00 bits per heavy atom. The predicted molar refractivity (Wildman–Crippen MR) is 134 cm³/mol. The minimum Gasteiger partial charge on any atom is -0.481 e. The van der Waals surface area contributed by atoms with Gasteiger partial charge in [0.15, 0.2) is 5.69 Å². The van der Waals surface area contributed by atoms with Crippen molar-refractivity contribution in [3.05, 3.63) is 92.1 Å². The van der Waals surface area contributed by atoms with Crippen molar-refractivity contribution < 1.29 is 9.53 Å². The van der Waals surface area contributed by atoms with Crippen LogP contribution in [-0.2, 0) is 25.0 Å². The Labute approximate surface area is 207 Å². The molecule has 0 saturated heterocycles. The van der Waals surface area contributed by atoms with Crippen molar-refractivity contribution in [3.63, 3.8) is 0 Å². The average molecular weight is 522 g/mol. The maximum atomic E-state index is 13.2. The average Bonchev–Trinajstić information content (AvgIpc) is 3.32. The van der Waals surface area contributed by atoms with Gasteiger partial charge in [0, 0.05) is 36.4 Å². The highest BCUT2D eigenvalue weighted by molar-refractivity contribution is 9.10. The summed E-state index contributed by atoms with van der Waals surface area (Å²) in [6.07, 6.45) is 5.01. The Kier molecular flexibility index (Phi) is 6.30. The molecule has 6 nitrogen and oxygen atoms in total. The minimum absolute atomic E-state index is 0.0493. The molecule has 1 saturated carbocycles. The van der Waals surface area contributed by atoms with Gasteiger partial charge in [-0.05, 0) is 36.1 Å². The van der Waals surface area contributed by atoms with Gasteiger partial charge in [0.2, 0.25) is 5.75 Å². The molecule has 0 N–H and O–H groups in total. The Bertz CT molecular complexity index is 1250. The van der Waals surface area contributed by atoms with Crippen molar-refractivity contribution in [2.45, 2.75) is 50.7 Å². The molecular weight excluding hydrogens is 494 g/mol. The molecular formula is C27H28BrN3O3. The van der Waals surface area contributed by atoms with Gasteiger partial charge in [-0.15, -0.1) is 0 Å². The van der Waals surface area contributed by atoms with Gasteiger partial charge in [0.1, 0.15) is 12.4 Å². The number of aromatic nitrogens is 2. The zero-order chi connectivity index (χ0) is 23.7. The van der Waals surface area contributed by atoms with Gasteiger partial charge in [-0.25, -0.2) is 0 Å². The number of carbonyl (C=O) groups excluding carboxylic acids is 1. The van der Waals surface area contributed by atoms with Gasteiger partial charge in [0.05, 0.1) is 0 Å². The van der Waals surface area contributed by atoms with Crippen LogP contribution in [0.4, 0.5) is 0 Å². The van der Waals surface area contributed by atoms with Crippen molar-refractivity contribution in [2.75, 3.05) is 13.6 Å². The third kappa shape index (κ3) is 4.29. The molecule has 3 aromatic rings. The molecule has 0 radical (unpaired) electrons. The second kappa shape index (κ2) is 9.37. The van der Waals surface area contributed by atoms with Crippen molar-refractivity contribution in [1.82, 2.24) is 14.5 Å². The Morgan fingerprint density at radius 2 is 1.71 bits per heavy atom. The maximum Gasteiger partial charge on any atom is 0.316 e. The lowest BCUT2D eigenvalue weighted by Crippen LogP contribution is -2.42. The van der Waals surface area contributed by atoms with Crippen LogP contribution in [0, 0.1) is 0 Å². The molecule has 1 aliphatic carbocycles. The standard InChI is InChI=1S/C27H28BrN3O3/c1-30-15-16-31-22(17-27(13-5-6-14-27)20-9-11-21(28)12-10-20)29-25(32)24(23(31)26(30)33)34-18-19-7-3-2-4-8-19/h2-4,7-12H,5-6,13-18H2,1H3. The molecule has 176 valence electrons. The molecule has 0 atom stereocenters. The second-order valence-corrected chi connectivity index (χ2v) is 10.3. The third-order valence-corrected chi connectivity index (χ3v) is 7.70. The van der Waals surface area contributed by atoms with Crippen LogP contribution in [0.3, 0.4) is 0 Å². The highest BCUT2D eigenvalue weighted by atomic mass is 79.9. The molecule has 2 heterocycles. The first-order valence-electron chi connectivity index (χ1n) is 11.8. The first kappa shape index (κ1) is 22.8. The molecule has 1 aromatic heterocycles. The summed E-state index contributed by atoms with van der Waals surface area (Å²) >= 11 is 3.54. The number of likely N-dealkylation sites (N-methyl/N-ethyl adjacent to an activating group) is 1. The van der Waals surface area contributed by atoms with Crippen molar-refractivity contribution in [3.8, 4) is 5.75 Å². The van der Waals surface area contributed by atoms with Gasteiger partial charge in [-0.1, -0.05) is 71.2 Å². The summed E-state index contributed by atoms with van der Waals surface area (Å²) in [5.74, 6) is 0.533. The molecule has 1 amide bonds. The van der Waals surface area contributed by atoms with Crippen LogP contribution in [0.15, 0.2) is 63.9 Å². The number of hydrogen-bond acceptors (Lipinski definition) is 4. The number of amides is 1. The fourth-order valence-electron chi connectivity index (χ4n) is 5.29. The van der Waals surface area contributed by atoms with E-state index in [0.29, 0.717) is 31.0 Å². The SMILES string of the molecule is CN1CCn2c(CC3(c4ccc(Br)cc4)CCCC3)nc(=O)c(OCc3ccccc3)c2C1=O. The van der Waals surface area contributed by atoms with E-state index >= 15 is 0 Å². The van der Waals surface area contributed by atoms with Crippen LogP contribution in [0.2, 0.25) is 0 Å². The number of halogens is 1. The van der Waals surface area contributed by atoms with Crippen LogP contribution in [-0.4, -0.2) is 34.0 Å². The van der Waals surface area contributed by atoms with Crippen LogP contribution in [0.1, 0.15) is 53.1 Å².